The maximum atomic E-state index is 12.7. The summed E-state index contributed by atoms with van der Waals surface area (Å²) in [6, 6.07) is 7.70. The largest absolute Gasteiger partial charge is 0.342 e. The first-order valence-corrected chi connectivity index (χ1v) is 9.14. The molecule has 6 heteroatoms. The van der Waals surface area contributed by atoms with E-state index in [0.29, 0.717) is 21.8 Å². The molecule has 0 unspecified atom stereocenters. The summed E-state index contributed by atoms with van der Waals surface area (Å²) in [7, 11) is 0. The Morgan fingerprint density at radius 2 is 1.96 bits per heavy atom. The zero-order valence-corrected chi connectivity index (χ0v) is 13.7. The van der Waals surface area contributed by atoms with Gasteiger partial charge in [0.25, 0.3) is 5.56 Å². The minimum absolute atomic E-state index is 0.0224. The molecule has 0 spiro atoms. The monoisotopic (exact) mass is 329 g/mol. The summed E-state index contributed by atoms with van der Waals surface area (Å²) in [4.78, 5) is 31.6. The van der Waals surface area contributed by atoms with Crippen molar-refractivity contribution in [3.8, 4) is 0 Å². The fraction of sp³-hybridized carbons (Fsp3) is 0.471. The summed E-state index contributed by atoms with van der Waals surface area (Å²) in [5.74, 6) is 0.509. The van der Waals surface area contributed by atoms with Gasteiger partial charge in [-0.15, -0.1) is 0 Å². The molecule has 0 bridgehead atoms. The maximum absolute atomic E-state index is 12.7. The molecule has 0 radical (unpaired) electrons. The lowest BCUT2D eigenvalue weighted by atomic mass is 10.2. The van der Waals surface area contributed by atoms with Crippen molar-refractivity contribution in [3.05, 3.63) is 34.6 Å². The van der Waals surface area contributed by atoms with Crippen LogP contribution in [0.5, 0.6) is 0 Å². The Hall–Kier alpha value is -1.82. The van der Waals surface area contributed by atoms with Crippen molar-refractivity contribution in [2.24, 2.45) is 0 Å². The summed E-state index contributed by atoms with van der Waals surface area (Å²) in [6.45, 7) is 1.72. The predicted molar refractivity (Wildman–Crippen MR) is 90.8 cm³/mol. The summed E-state index contributed by atoms with van der Waals surface area (Å²) in [5.41, 5.74) is 0.736. The normalized spacial score (nSPS) is 17.8. The van der Waals surface area contributed by atoms with Gasteiger partial charge in [0.1, 0.15) is 0 Å². The van der Waals surface area contributed by atoms with E-state index < -0.39 is 0 Å². The third-order valence-electron chi connectivity index (χ3n) is 4.47. The summed E-state index contributed by atoms with van der Waals surface area (Å²) < 4.78 is 1.80. The lowest BCUT2D eigenvalue weighted by Crippen LogP contribution is -2.30. The lowest BCUT2D eigenvalue weighted by molar-refractivity contribution is -0.127. The average Bonchev–Trinajstić information content (AvgIpc) is 3.24. The number of carbonyl (C=O) groups is 1. The Kier molecular flexibility index (Phi) is 3.85. The molecule has 1 aromatic heterocycles. The molecule has 0 atom stereocenters. The minimum atomic E-state index is 0.0224. The van der Waals surface area contributed by atoms with E-state index in [9.17, 15) is 9.59 Å². The Labute approximate surface area is 138 Å². The number of rotatable bonds is 4. The van der Waals surface area contributed by atoms with Crippen molar-refractivity contribution >= 4 is 28.6 Å². The predicted octanol–water partition coefficient (Wildman–Crippen LogP) is 2.45. The highest BCUT2D eigenvalue weighted by molar-refractivity contribution is 7.99. The van der Waals surface area contributed by atoms with Crippen molar-refractivity contribution in [2.75, 3.05) is 18.8 Å². The molecule has 0 N–H and O–H groups in total. The summed E-state index contributed by atoms with van der Waals surface area (Å²) >= 11 is 1.40. The molecule has 120 valence electrons. The second kappa shape index (κ2) is 6.00. The van der Waals surface area contributed by atoms with E-state index in [0.717, 1.165) is 38.8 Å². The summed E-state index contributed by atoms with van der Waals surface area (Å²) in [5, 5.41) is 1.35. The van der Waals surface area contributed by atoms with E-state index in [2.05, 4.69) is 4.98 Å². The molecule has 1 aliphatic heterocycles. The van der Waals surface area contributed by atoms with Gasteiger partial charge in [0.05, 0.1) is 16.7 Å². The zero-order valence-electron chi connectivity index (χ0n) is 12.9. The van der Waals surface area contributed by atoms with Crippen molar-refractivity contribution < 1.29 is 4.79 Å². The number of amides is 1. The first-order valence-electron chi connectivity index (χ1n) is 8.16. The molecule has 2 fully saturated rings. The lowest BCUT2D eigenvalue weighted by Gasteiger charge is -2.16. The number of hydrogen-bond donors (Lipinski definition) is 0. The van der Waals surface area contributed by atoms with Crippen LogP contribution in [0, 0.1) is 0 Å². The highest BCUT2D eigenvalue weighted by Crippen LogP contribution is 2.36. The fourth-order valence-corrected chi connectivity index (χ4v) is 4.04. The van der Waals surface area contributed by atoms with Gasteiger partial charge in [-0.05, 0) is 37.8 Å². The smallest absolute Gasteiger partial charge is 0.262 e. The Morgan fingerprint density at radius 3 is 2.70 bits per heavy atom. The van der Waals surface area contributed by atoms with Gasteiger partial charge in [-0.25, -0.2) is 4.98 Å². The van der Waals surface area contributed by atoms with Crippen LogP contribution in [0.15, 0.2) is 34.2 Å². The summed E-state index contributed by atoms with van der Waals surface area (Å²) in [6.07, 6.45) is 4.23. The number of fused-ring (bicyclic) bond motifs is 1. The first kappa shape index (κ1) is 14.8. The van der Waals surface area contributed by atoms with E-state index in [1.54, 1.807) is 4.57 Å². The minimum Gasteiger partial charge on any atom is -0.342 e. The van der Waals surface area contributed by atoms with E-state index in [1.807, 2.05) is 29.2 Å². The molecule has 5 nitrogen and oxygen atoms in total. The number of likely N-dealkylation sites (tertiary alicyclic amines) is 1. The highest BCUT2D eigenvalue weighted by atomic mass is 32.2. The quantitative estimate of drug-likeness (QED) is 0.639. The van der Waals surface area contributed by atoms with Crippen molar-refractivity contribution in [3.63, 3.8) is 0 Å². The van der Waals surface area contributed by atoms with Gasteiger partial charge in [0.15, 0.2) is 5.16 Å². The molecule has 2 aliphatic rings. The van der Waals surface area contributed by atoms with Crippen molar-refractivity contribution in [1.29, 1.82) is 0 Å². The number of aromatic nitrogens is 2. The van der Waals surface area contributed by atoms with Gasteiger partial charge >= 0.3 is 0 Å². The van der Waals surface area contributed by atoms with E-state index in [4.69, 9.17) is 0 Å². The molecule has 2 heterocycles. The van der Waals surface area contributed by atoms with Crippen LogP contribution in [-0.4, -0.2) is 39.2 Å². The Morgan fingerprint density at radius 1 is 1.22 bits per heavy atom. The topological polar surface area (TPSA) is 55.2 Å². The molecule has 4 rings (SSSR count). The van der Waals surface area contributed by atoms with Gasteiger partial charge in [-0.1, -0.05) is 23.9 Å². The van der Waals surface area contributed by atoms with Crippen LogP contribution in [0.25, 0.3) is 10.9 Å². The van der Waals surface area contributed by atoms with Crippen LogP contribution in [-0.2, 0) is 4.79 Å². The van der Waals surface area contributed by atoms with Gasteiger partial charge in [0.2, 0.25) is 5.91 Å². The number of thioether (sulfide) groups is 1. The van der Waals surface area contributed by atoms with Crippen LogP contribution in [0.4, 0.5) is 0 Å². The van der Waals surface area contributed by atoms with Gasteiger partial charge in [-0.2, -0.15) is 0 Å². The number of carbonyl (C=O) groups excluding carboxylic acids is 1. The number of benzene rings is 1. The van der Waals surface area contributed by atoms with Crippen LogP contribution in [0.3, 0.4) is 0 Å². The van der Waals surface area contributed by atoms with Crippen LogP contribution >= 0.6 is 11.8 Å². The van der Waals surface area contributed by atoms with Crippen molar-refractivity contribution in [1.82, 2.24) is 14.5 Å². The number of hydrogen-bond acceptors (Lipinski definition) is 4. The van der Waals surface area contributed by atoms with Gasteiger partial charge < -0.3 is 4.90 Å². The molecule has 2 aromatic rings. The third kappa shape index (κ3) is 2.87. The Balaban J connectivity index is 1.64. The molecular formula is C17H19N3O2S. The molecule has 23 heavy (non-hydrogen) atoms. The van der Waals surface area contributed by atoms with Crippen LogP contribution in [0.1, 0.15) is 31.7 Å². The molecule has 1 aromatic carbocycles. The molecule has 1 amide bonds. The van der Waals surface area contributed by atoms with Gasteiger partial charge in [-0.3, -0.25) is 14.2 Å². The third-order valence-corrected chi connectivity index (χ3v) is 5.41. The molecule has 1 saturated carbocycles. The van der Waals surface area contributed by atoms with Crippen molar-refractivity contribution in [2.45, 2.75) is 36.9 Å². The molecular weight excluding hydrogens is 310 g/mol. The average molecular weight is 329 g/mol. The number of nitrogens with zero attached hydrogens (tertiary/aromatic N) is 3. The Bertz CT molecular complexity index is 807. The molecule has 1 saturated heterocycles. The fourth-order valence-electron chi connectivity index (χ4n) is 3.07. The first-order chi connectivity index (χ1) is 11.2. The molecule has 1 aliphatic carbocycles. The van der Waals surface area contributed by atoms with Gasteiger partial charge in [0, 0.05) is 19.1 Å². The van der Waals surface area contributed by atoms with Crippen LogP contribution < -0.4 is 5.56 Å². The second-order valence-corrected chi connectivity index (χ2v) is 7.14. The van der Waals surface area contributed by atoms with E-state index in [1.165, 1.54) is 11.8 Å². The van der Waals surface area contributed by atoms with E-state index >= 15 is 0 Å². The highest BCUT2D eigenvalue weighted by Gasteiger charge is 2.29. The zero-order chi connectivity index (χ0) is 15.8. The van der Waals surface area contributed by atoms with Crippen LogP contribution in [0.2, 0.25) is 0 Å². The SMILES string of the molecule is O=C(CSc1nc2ccccc2c(=O)n1C1CC1)N1CCCC1. The second-order valence-electron chi connectivity index (χ2n) is 6.19. The number of para-hydroxylation sites is 1. The maximum Gasteiger partial charge on any atom is 0.262 e. The van der Waals surface area contributed by atoms with E-state index in [-0.39, 0.29) is 17.5 Å². The standard InChI is InChI=1S/C17H19N3O2S/c21-15(19-9-3-4-10-19)11-23-17-18-14-6-2-1-5-13(14)16(22)20(17)12-7-8-12/h1-2,5-6,12H,3-4,7-11H2.